The molecule has 0 aliphatic heterocycles. The molecule has 1 heterocycles. The van der Waals surface area contributed by atoms with Crippen molar-refractivity contribution >= 4 is 15.7 Å². The van der Waals surface area contributed by atoms with E-state index in [2.05, 4.69) is 10.4 Å². The van der Waals surface area contributed by atoms with E-state index >= 15 is 0 Å². The average molecular weight is 398 g/mol. The number of sulfone groups is 1. The number of carbonyl (C=O) groups is 1. The zero-order chi connectivity index (χ0) is 20.3. The molecule has 0 saturated carbocycles. The molecular formula is C21H23N3O3S. The molecule has 0 spiro atoms. The van der Waals surface area contributed by atoms with Gasteiger partial charge in [0.25, 0.3) is 5.91 Å². The number of nitrogens with zero attached hydrogens (tertiary/aromatic N) is 2. The Labute approximate surface area is 165 Å². The van der Waals surface area contributed by atoms with E-state index in [1.165, 1.54) is 0 Å². The van der Waals surface area contributed by atoms with E-state index in [4.69, 9.17) is 0 Å². The Balaban J connectivity index is 2.00. The first-order valence-corrected chi connectivity index (χ1v) is 11.0. The molecule has 1 aromatic heterocycles. The highest BCUT2D eigenvalue weighted by Gasteiger charge is 2.19. The lowest BCUT2D eigenvalue weighted by molar-refractivity contribution is 0.0956. The number of benzene rings is 2. The second kappa shape index (κ2) is 7.98. The van der Waals surface area contributed by atoms with Crippen molar-refractivity contribution in [3.05, 3.63) is 71.4 Å². The third-order valence-corrected chi connectivity index (χ3v) is 5.46. The Morgan fingerprint density at radius 3 is 2.43 bits per heavy atom. The second-order valence-electron chi connectivity index (χ2n) is 6.86. The van der Waals surface area contributed by atoms with Crippen molar-refractivity contribution in [3.8, 4) is 16.9 Å². The normalized spacial score (nSPS) is 11.4. The molecule has 3 rings (SSSR count). The van der Waals surface area contributed by atoms with Crippen LogP contribution in [0.25, 0.3) is 16.9 Å². The summed E-state index contributed by atoms with van der Waals surface area (Å²) in [7, 11) is -3.15. The van der Waals surface area contributed by atoms with Gasteiger partial charge in [-0.25, -0.2) is 13.1 Å². The molecule has 0 fully saturated rings. The topological polar surface area (TPSA) is 81.1 Å². The van der Waals surface area contributed by atoms with Crippen LogP contribution in [0.4, 0.5) is 0 Å². The van der Waals surface area contributed by atoms with Crippen LogP contribution >= 0.6 is 0 Å². The molecular weight excluding hydrogens is 374 g/mol. The Morgan fingerprint density at radius 2 is 1.79 bits per heavy atom. The molecule has 2 aromatic carbocycles. The minimum atomic E-state index is -3.15. The van der Waals surface area contributed by atoms with Crippen molar-refractivity contribution in [2.45, 2.75) is 13.8 Å². The van der Waals surface area contributed by atoms with E-state index in [1.807, 2.05) is 62.4 Å². The van der Waals surface area contributed by atoms with Gasteiger partial charge in [-0.05, 0) is 43.2 Å². The summed E-state index contributed by atoms with van der Waals surface area (Å²) < 4.78 is 24.3. The van der Waals surface area contributed by atoms with Crippen LogP contribution in [-0.2, 0) is 9.84 Å². The predicted octanol–water partition coefficient (Wildman–Crippen LogP) is 2.93. The Bertz CT molecular complexity index is 1100. The summed E-state index contributed by atoms with van der Waals surface area (Å²) in [5, 5.41) is 7.32. The first kappa shape index (κ1) is 19.8. The number of hydrogen-bond donors (Lipinski definition) is 1. The van der Waals surface area contributed by atoms with Crippen LogP contribution in [-0.4, -0.2) is 42.7 Å². The zero-order valence-corrected chi connectivity index (χ0v) is 17.0. The van der Waals surface area contributed by atoms with Crippen molar-refractivity contribution in [2.75, 3.05) is 18.6 Å². The maximum Gasteiger partial charge on any atom is 0.255 e. The van der Waals surface area contributed by atoms with Gasteiger partial charge in [0.2, 0.25) is 0 Å². The van der Waals surface area contributed by atoms with Gasteiger partial charge in [0.15, 0.2) is 0 Å². The van der Waals surface area contributed by atoms with E-state index in [9.17, 15) is 13.2 Å². The van der Waals surface area contributed by atoms with Crippen LogP contribution in [0, 0.1) is 13.8 Å². The summed E-state index contributed by atoms with van der Waals surface area (Å²) >= 11 is 0. The maximum absolute atomic E-state index is 12.8. The summed E-state index contributed by atoms with van der Waals surface area (Å²) in [4.78, 5) is 12.8. The van der Waals surface area contributed by atoms with Crippen LogP contribution in [0.5, 0.6) is 0 Å². The van der Waals surface area contributed by atoms with Crippen LogP contribution in [0.3, 0.4) is 0 Å². The Kier molecular flexibility index (Phi) is 5.65. The van der Waals surface area contributed by atoms with E-state index in [1.54, 1.807) is 10.9 Å². The van der Waals surface area contributed by atoms with Gasteiger partial charge in [-0.1, -0.05) is 30.3 Å². The molecule has 0 aliphatic carbocycles. The van der Waals surface area contributed by atoms with Crippen LogP contribution in [0.15, 0.2) is 54.7 Å². The largest absolute Gasteiger partial charge is 0.351 e. The fraction of sp³-hybridized carbons (Fsp3) is 0.238. The number of rotatable bonds is 6. The highest BCUT2D eigenvalue weighted by molar-refractivity contribution is 7.90. The number of carbonyl (C=O) groups excluding carboxylic acids is 1. The van der Waals surface area contributed by atoms with E-state index < -0.39 is 9.84 Å². The third-order valence-electron chi connectivity index (χ3n) is 4.52. The standard InChI is InChI=1S/C21H23N3O3S/c1-15-9-10-17(13-16(15)2)20-19(21(25)22-11-12-28(3,26)27)14-24(23-20)18-7-5-4-6-8-18/h4-10,13-14H,11-12H2,1-3H3,(H,22,25). The quantitative estimate of drug-likeness (QED) is 0.693. The average Bonchev–Trinajstić information content (AvgIpc) is 3.09. The molecule has 0 bridgehead atoms. The molecule has 6 nitrogen and oxygen atoms in total. The van der Waals surface area contributed by atoms with Gasteiger partial charge in [0, 0.05) is 24.6 Å². The fourth-order valence-corrected chi connectivity index (χ4v) is 3.27. The summed E-state index contributed by atoms with van der Waals surface area (Å²) in [6, 6.07) is 15.5. The lowest BCUT2D eigenvalue weighted by atomic mass is 10.0. The second-order valence-corrected chi connectivity index (χ2v) is 9.12. The number of hydrogen-bond acceptors (Lipinski definition) is 4. The number of aromatic nitrogens is 2. The highest BCUT2D eigenvalue weighted by atomic mass is 32.2. The molecule has 0 saturated heterocycles. The number of nitrogens with one attached hydrogen (secondary N) is 1. The Hall–Kier alpha value is -2.93. The SMILES string of the molecule is Cc1ccc(-c2nn(-c3ccccc3)cc2C(=O)NCCS(C)(=O)=O)cc1C. The van der Waals surface area contributed by atoms with Gasteiger partial charge in [0.05, 0.1) is 17.0 Å². The number of aryl methyl sites for hydroxylation is 2. The van der Waals surface area contributed by atoms with Gasteiger partial charge in [-0.3, -0.25) is 4.79 Å². The summed E-state index contributed by atoms with van der Waals surface area (Å²) in [6.07, 6.45) is 2.82. The zero-order valence-electron chi connectivity index (χ0n) is 16.1. The molecule has 1 amide bonds. The number of para-hydroxylation sites is 1. The Morgan fingerprint density at radius 1 is 1.07 bits per heavy atom. The first-order valence-electron chi connectivity index (χ1n) is 8.93. The molecule has 1 N–H and O–H groups in total. The van der Waals surface area contributed by atoms with Crippen molar-refractivity contribution in [3.63, 3.8) is 0 Å². The van der Waals surface area contributed by atoms with Crippen molar-refractivity contribution in [2.24, 2.45) is 0 Å². The minimum absolute atomic E-state index is 0.0561. The van der Waals surface area contributed by atoms with E-state index in [0.717, 1.165) is 28.6 Å². The molecule has 28 heavy (non-hydrogen) atoms. The van der Waals surface area contributed by atoms with Gasteiger partial charge in [0.1, 0.15) is 15.5 Å². The first-order chi connectivity index (χ1) is 13.2. The molecule has 0 aliphatic rings. The molecule has 0 radical (unpaired) electrons. The van der Waals surface area contributed by atoms with Crippen LogP contribution in [0.1, 0.15) is 21.5 Å². The van der Waals surface area contributed by atoms with Crippen molar-refractivity contribution < 1.29 is 13.2 Å². The number of amides is 1. The predicted molar refractivity (Wildman–Crippen MR) is 111 cm³/mol. The van der Waals surface area contributed by atoms with Crippen LogP contribution in [0.2, 0.25) is 0 Å². The molecule has 3 aromatic rings. The fourth-order valence-electron chi connectivity index (χ4n) is 2.80. The van der Waals surface area contributed by atoms with Gasteiger partial charge >= 0.3 is 0 Å². The molecule has 7 heteroatoms. The lowest BCUT2D eigenvalue weighted by Crippen LogP contribution is -2.28. The smallest absolute Gasteiger partial charge is 0.255 e. The summed E-state index contributed by atoms with van der Waals surface area (Å²) in [6.45, 7) is 4.10. The van der Waals surface area contributed by atoms with Gasteiger partial charge in [-0.15, -0.1) is 0 Å². The van der Waals surface area contributed by atoms with E-state index in [0.29, 0.717) is 11.3 Å². The molecule has 146 valence electrons. The van der Waals surface area contributed by atoms with Crippen molar-refractivity contribution in [1.29, 1.82) is 0 Å². The molecule has 0 atom stereocenters. The van der Waals surface area contributed by atoms with Crippen molar-refractivity contribution in [1.82, 2.24) is 15.1 Å². The maximum atomic E-state index is 12.8. The van der Waals surface area contributed by atoms with Crippen LogP contribution < -0.4 is 5.32 Å². The van der Waals surface area contributed by atoms with E-state index in [-0.39, 0.29) is 18.2 Å². The lowest BCUT2D eigenvalue weighted by Gasteiger charge is -2.06. The minimum Gasteiger partial charge on any atom is -0.351 e. The summed E-state index contributed by atoms with van der Waals surface area (Å²) in [5.41, 5.74) is 4.90. The monoisotopic (exact) mass is 397 g/mol. The van der Waals surface area contributed by atoms with Gasteiger partial charge < -0.3 is 5.32 Å². The molecule has 0 unspecified atom stereocenters. The third kappa shape index (κ3) is 4.67. The summed E-state index contributed by atoms with van der Waals surface area (Å²) in [5.74, 6) is -0.455. The highest BCUT2D eigenvalue weighted by Crippen LogP contribution is 2.25. The van der Waals surface area contributed by atoms with Gasteiger partial charge in [-0.2, -0.15) is 5.10 Å².